The van der Waals surface area contributed by atoms with Crippen LogP contribution in [-0.2, 0) is 14.4 Å². The van der Waals surface area contributed by atoms with Gasteiger partial charge in [0.2, 0.25) is 11.8 Å². The number of anilines is 1. The molecule has 2 amide bonds. The van der Waals surface area contributed by atoms with E-state index in [1.165, 1.54) is 11.9 Å². The van der Waals surface area contributed by atoms with Gasteiger partial charge in [-0.05, 0) is 18.6 Å². The lowest BCUT2D eigenvalue weighted by Gasteiger charge is -2.22. The third-order valence-corrected chi connectivity index (χ3v) is 4.09. The molecular weight excluding hydrogens is 316 g/mol. The van der Waals surface area contributed by atoms with Gasteiger partial charge >= 0.3 is 5.97 Å². The Morgan fingerprint density at radius 3 is 2.71 bits per heavy atom. The van der Waals surface area contributed by atoms with E-state index in [2.05, 4.69) is 0 Å². The molecule has 0 bridgehead atoms. The summed E-state index contributed by atoms with van der Waals surface area (Å²) in [5.74, 6) is -1.55. The first-order chi connectivity index (χ1) is 11.5. The van der Waals surface area contributed by atoms with Crippen molar-refractivity contribution in [3.05, 3.63) is 18.2 Å². The molecule has 1 aromatic rings. The number of carbonyl (C=O) groups excluding carboxylic acids is 2. The van der Waals surface area contributed by atoms with Crippen molar-refractivity contribution < 1.29 is 29.0 Å². The SMILES string of the molecule is CN(CC(=O)O)C(=O)[C@H]1CCN(c2ccc3c(c2)OCCO3)C1=O. The van der Waals surface area contributed by atoms with Gasteiger partial charge in [-0.25, -0.2) is 0 Å². The fraction of sp³-hybridized carbons (Fsp3) is 0.438. The molecule has 8 heteroatoms. The topological polar surface area (TPSA) is 96.4 Å². The van der Waals surface area contributed by atoms with Crippen LogP contribution in [0.1, 0.15) is 6.42 Å². The third kappa shape index (κ3) is 2.99. The van der Waals surface area contributed by atoms with Crippen molar-refractivity contribution in [2.45, 2.75) is 6.42 Å². The molecule has 128 valence electrons. The summed E-state index contributed by atoms with van der Waals surface area (Å²) in [6.45, 7) is 0.912. The lowest BCUT2D eigenvalue weighted by molar-refractivity contribution is -0.146. The highest BCUT2D eigenvalue weighted by Gasteiger charge is 2.39. The number of benzene rings is 1. The molecule has 1 aromatic carbocycles. The maximum Gasteiger partial charge on any atom is 0.323 e. The number of ether oxygens (including phenoxy) is 2. The van der Waals surface area contributed by atoms with Crippen LogP contribution in [0, 0.1) is 5.92 Å². The maximum absolute atomic E-state index is 12.6. The Morgan fingerprint density at radius 2 is 2.00 bits per heavy atom. The van der Waals surface area contributed by atoms with Crippen LogP contribution in [0.5, 0.6) is 11.5 Å². The molecule has 1 N–H and O–H groups in total. The zero-order chi connectivity index (χ0) is 17.3. The lowest BCUT2D eigenvalue weighted by Crippen LogP contribution is -2.40. The van der Waals surface area contributed by atoms with Crippen molar-refractivity contribution in [2.75, 3.05) is 38.3 Å². The van der Waals surface area contributed by atoms with Gasteiger partial charge in [-0.15, -0.1) is 0 Å². The molecule has 0 unspecified atom stereocenters. The molecule has 0 aliphatic carbocycles. The predicted octanol–water partition coefficient (Wildman–Crippen LogP) is 0.354. The van der Waals surface area contributed by atoms with Crippen molar-refractivity contribution >= 4 is 23.5 Å². The number of carboxylic acid groups (broad SMARTS) is 1. The molecule has 0 spiro atoms. The quantitative estimate of drug-likeness (QED) is 0.799. The summed E-state index contributed by atoms with van der Waals surface area (Å²) in [4.78, 5) is 38.1. The zero-order valence-corrected chi connectivity index (χ0v) is 13.2. The lowest BCUT2D eigenvalue weighted by atomic mass is 10.1. The largest absolute Gasteiger partial charge is 0.486 e. The first kappa shape index (κ1) is 16.1. The Kier molecular flexibility index (Phi) is 4.28. The first-order valence-corrected chi connectivity index (χ1v) is 7.65. The van der Waals surface area contributed by atoms with E-state index in [-0.39, 0.29) is 5.91 Å². The molecule has 2 aliphatic heterocycles. The summed E-state index contributed by atoms with van der Waals surface area (Å²) in [5.41, 5.74) is 0.639. The summed E-state index contributed by atoms with van der Waals surface area (Å²) in [6.07, 6.45) is 0.357. The number of likely N-dealkylation sites (N-methyl/N-ethyl adjacent to an activating group) is 1. The number of carbonyl (C=O) groups is 3. The van der Waals surface area contributed by atoms with E-state index in [1.54, 1.807) is 18.2 Å². The highest BCUT2D eigenvalue weighted by molar-refractivity contribution is 6.10. The standard InChI is InChI=1S/C16H18N2O6/c1-17(9-14(19)20)15(21)11-4-5-18(16(11)22)10-2-3-12-13(8-10)24-7-6-23-12/h2-3,8,11H,4-7,9H2,1H3,(H,19,20)/t11-/m1/s1. The molecule has 2 heterocycles. The van der Waals surface area contributed by atoms with E-state index in [0.29, 0.717) is 43.4 Å². The summed E-state index contributed by atoms with van der Waals surface area (Å²) < 4.78 is 11.0. The van der Waals surface area contributed by atoms with Gasteiger partial charge in [-0.3, -0.25) is 14.4 Å². The minimum atomic E-state index is -1.11. The number of carboxylic acids is 1. The zero-order valence-electron chi connectivity index (χ0n) is 13.2. The van der Waals surface area contributed by atoms with Gasteiger partial charge < -0.3 is 24.4 Å². The molecule has 24 heavy (non-hydrogen) atoms. The van der Waals surface area contributed by atoms with Gasteiger partial charge in [0.25, 0.3) is 0 Å². The van der Waals surface area contributed by atoms with Crippen LogP contribution < -0.4 is 14.4 Å². The van der Waals surface area contributed by atoms with E-state index in [1.807, 2.05) is 0 Å². The number of nitrogens with zero attached hydrogens (tertiary/aromatic N) is 2. The Balaban J connectivity index is 1.74. The summed E-state index contributed by atoms with van der Waals surface area (Å²) in [6, 6.07) is 5.21. The van der Waals surface area contributed by atoms with E-state index in [0.717, 1.165) is 4.90 Å². The second-order valence-electron chi connectivity index (χ2n) is 5.75. The fourth-order valence-electron chi connectivity index (χ4n) is 2.91. The van der Waals surface area contributed by atoms with Crippen molar-refractivity contribution in [3.8, 4) is 11.5 Å². The van der Waals surface area contributed by atoms with Crippen molar-refractivity contribution in [3.63, 3.8) is 0 Å². The highest BCUT2D eigenvalue weighted by atomic mass is 16.6. The van der Waals surface area contributed by atoms with Gasteiger partial charge in [0.1, 0.15) is 25.7 Å². The summed E-state index contributed by atoms with van der Waals surface area (Å²) >= 11 is 0. The Morgan fingerprint density at radius 1 is 1.29 bits per heavy atom. The van der Waals surface area contributed by atoms with Crippen LogP contribution in [0.3, 0.4) is 0 Å². The number of aliphatic carboxylic acids is 1. The molecule has 1 atom stereocenters. The van der Waals surface area contributed by atoms with Crippen LogP contribution in [0.4, 0.5) is 5.69 Å². The Bertz CT molecular complexity index is 689. The number of amides is 2. The monoisotopic (exact) mass is 334 g/mol. The van der Waals surface area contributed by atoms with Gasteiger partial charge in [0.05, 0.1) is 0 Å². The van der Waals surface area contributed by atoms with Crippen LogP contribution in [0.25, 0.3) is 0 Å². The maximum atomic E-state index is 12.6. The average molecular weight is 334 g/mol. The second kappa shape index (κ2) is 6.38. The van der Waals surface area contributed by atoms with E-state index >= 15 is 0 Å². The van der Waals surface area contributed by atoms with Gasteiger partial charge in [-0.1, -0.05) is 0 Å². The molecule has 3 rings (SSSR count). The molecular formula is C16H18N2O6. The minimum absolute atomic E-state index is 0.325. The Hall–Kier alpha value is -2.77. The minimum Gasteiger partial charge on any atom is -0.486 e. The molecule has 1 fully saturated rings. The number of fused-ring (bicyclic) bond motifs is 1. The van der Waals surface area contributed by atoms with E-state index in [9.17, 15) is 14.4 Å². The van der Waals surface area contributed by atoms with Crippen molar-refractivity contribution in [1.82, 2.24) is 4.90 Å². The molecule has 2 aliphatic rings. The highest BCUT2D eigenvalue weighted by Crippen LogP contribution is 2.36. The molecule has 1 saturated heterocycles. The second-order valence-corrected chi connectivity index (χ2v) is 5.75. The normalized spacial score (nSPS) is 19.3. The van der Waals surface area contributed by atoms with Crippen molar-refractivity contribution in [2.24, 2.45) is 5.92 Å². The van der Waals surface area contributed by atoms with Crippen LogP contribution in [0.15, 0.2) is 18.2 Å². The van der Waals surface area contributed by atoms with Crippen molar-refractivity contribution in [1.29, 1.82) is 0 Å². The third-order valence-electron chi connectivity index (χ3n) is 4.09. The summed E-state index contributed by atoms with van der Waals surface area (Å²) in [7, 11) is 1.39. The Labute approximate surface area is 138 Å². The van der Waals surface area contributed by atoms with Gasteiger partial charge in [0, 0.05) is 25.3 Å². The van der Waals surface area contributed by atoms with Crippen LogP contribution in [-0.4, -0.2) is 61.1 Å². The number of rotatable bonds is 4. The number of hydrogen-bond acceptors (Lipinski definition) is 5. The molecule has 0 saturated carbocycles. The molecule has 0 radical (unpaired) electrons. The van der Waals surface area contributed by atoms with Crippen LogP contribution in [0.2, 0.25) is 0 Å². The fourth-order valence-corrected chi connectivity index (χ4v) is 2.91. The van der Waals surface area contributed by atoms with E-state index in [4.69, 9.17) is 14.6 Å². The summed E-state index contributed by atoms with van der Waals surface area (Å²) in [5, 5.41) is 8.77. The van der Waals surface area contributed by atoms with E-state index < -0.39 is 24.3 Å². The average Bonchev–Trinajstić information content (AvgIpc) is 2.94. The number of hydrogen-bond donors (Lipinski definition) is 1. The van der Waals surface area contributed by atoms with Crippen LogP contribution >= 0.6 is 0 Å². The first-order valence-electron chi connectivity index (χ1n) is 7.65. The molecule has 0 aromatic heterocycles. The predicted molar refractivity (Wildman–Crippen MR) is 83.2 cm³/mol. The molecule has 8 nitrogen and oxygen atoms in total. The smallest absolute Gasteiger partial charge is 0.323 e. The van der Waals surface area contributed by atoms with Gasteiger partial charge in [0.15, 0.2) is 11.5 Å². The van der Waals surface area contributed by atoms with Gasteiger partial charge in [-0.2, -0.15) is 0 Å².